The number of benzene rings is 1. The number of anilines is 1. The number of unbranched alkanes of at least 4 members (excludes halogenated alkanes) is 1. The summed E-state index contributed by atoms with van der Waals surface area (Å²) in [5.74, 6) is 0.742. The van der Waals surface area contributed by atoms with Crippen LogP contribution in [0.2, 0.25) is 0 Å². The molecular formula is C26H44N2O. The van der Waals surface area contributed by atoms with Crippen molar-refractivity contribution in [1.29, 1.82) is 0 Å². The topological polar surface area (TPSA) is 15.7 Å². The monoisotopic (exact) mass is 400 g/mol. The summed E-state index contributed by atoms with van der Waals surface area (Å²) in [6.07, 6.45) is 6.58. The molecule has 3 heteroatoms. The predicted octanol–water partition coefficient (Wildman–Crippen LogP) is 5.86. The van der Waals surface area contributed by atoms with Crippen molar-refractivity contribution in [2.45, 2.75) is 78.7 Å². The molecule has 0 N–H and O–H groups in total. The Morgan fingerprint density at radius 1 is 1.10 bits per heavy atom. The lowest BCUT2D eigenvalue weighted by Gasteiger charge is -2.54. The molecule has 0 bridgehead atoms. The van der Waals surface area contributed by atoms with Gasteiger partial charge in [0, 0.05) is 39.0 Å². The highest BCUT2D eigenvalue weighted by molar-refractivity contribution is 5.59. The molecule has 0 spiro atoms. The van der Waals surface area contributed by atoms with Gasteiger partial charge in [-0.25, -0.2) is 0 Å². The Labute approximate surface area is 179 Å². The quantitative estimate of drug-likeness (QED) is 0.570. The van der Waals surface area contributed by atoms with Crippen LogP contribution in [0, 0.1) is 11.3 Å². The van der Waals surface area contributed by atoms with Gasteiger partial charge >= 0.3 is 0 Å². The van der Waals surface area contributed by atoms with Gasteiger partial charge in [-0.1, -0.05) is 66.0 Å². The van der Waals surface area contributed by atoms with Crippen LogP contribution in [-0.2, 0) is 16.8 Å². The van der Waals surface area contributed by atoms with Crippen LogP contribution in [0.4, 0.5) is 5.69 Å². The zero-order valence-electron chi connectivity index (χ0n) is 19.9. The van der Waals surface area contributed by atoms with Crippen molar-refractivity contribution in [3.05, 3.63) is 29.3 Å². The molecule has 1 saturated heterocycles. The Morgan fingerprint density at radius 3 is 2.48 bits per heavy atom. The summed E-state index contributed by atoms with van der Waals surface area (Å²) >= 11 is 0. The molecule has 1 saturated carbocycles. The molecule has 0 amide bonds. The molecule has 29 heavy (non-hydrogen) atoms. The average Bonchev–Trinajstić information content (AvgIpc) is 2.71. The van der Waals surface area contributed by atoms with Crippen molar-refractivity contribution < 1.29 is 4.74 Å². The zero-order valence-corrected chi connectivity index (χ0v) is 19.9. The van der Waals surface area contributed by atoms with E-state index in [2.05, 4.69) is 62.6 Å². The molecule has 3 nitrogen and oxygen atoms in total. The minimum absolute atomic E-state index is 0.198. The van der Waals surface area contributed by atoms with Gasteiger partial charge in [0.05, 0.1) is 6.61 Å². The van der Waals surface area contributed by atoms with E-state index < -0.39 is 0 Å². The Balaban J connectivity index is 1.92. The molecule has 1 aromatic carbocycles. The number of piperazine rings is 1. The van der Waals surface area contributed by atoms with E-state index in [4.69, 9.17) is 4.74 Å². The number of methoxy groups -OCH3 is 1. The molecule has 0 aromatic heterocycles. The summed E-state index contributed by atoms with van der Waals surface area (Å²) in [5.41, 5.74) is 4.83. The summed E-state index contributed by atoms with van der Waals surface area (Å²) in [6, 6.07) is 7.16. The number of hydrogen-bond acceptors (Lipinski definition) is 3. The highest BCUT2D eigenvalue weighted by atomic mass is 16.5. The van der Waals surface area contributed by atoms with Crippen molar-refractivity contribution in [2.75, 3.05) is 44.7 Å². The van der Waals surface area contributed by atoms with E-state index in [1.165, 1.54) is 63.0 Å². The van der Waals surface area contributed by atoms with E-state index in [9.17, 15) is 0 Å². The van der Waals surface area contributed by atoms with Crippen LogP contribution in [0.25, 0.3) is 0 Å². The van der Waals surface area contributed by atoms with E-state index >= 15 is 0 Å². The van der Waals surface area contributed by atoms with Crippen LogP contribution in [0.15, 0.2) is 18.2 Å². The van der Waals surface area contributed by atoms with Gasteiger partial charge in [-0.15, -0.1) is 0 Å². The van der Waals surface area contributed by atoms with Crippen molar-refractivity contribution >= 4 is 5.69 Å². The van der Waals surface area contributed by atoms with E-state index in [0.717, 1.165) is 19.0 Å². The van der Waals surface area contributed by atoms with Crippen molar-refractivity contribution in [3.63, 3.8) is 0 Å². The third-order valence-electron chi connectivity index (χ3n) is 8.48. The molecule has 1 aliphatic heterocycles. The number of hydrogen-bond donors (Lipinski definition) is 0. The lowest BCUT2D eigenvalue weighted by atomic mass is 9.52. The fourth-order valence-electron chi connectivity index (χ4n) is 5.62. The molecule has 0 radical (unpaired) electrons. The van der Waals surface area contributed by atoms with Gasteiger partial charge in [-0.2, -0.15) is 0 Å². The molecule has 1 aromatic rings. The van der Waals surface area contributed by atoms with Crippen molar-refractivity contribution in [2.24, 2.45) is 11.3 Å². The first kappa shape index (κ1) is 22.6. The maximum Gasteiger partial charge on any atom is 0.0713 e. The van der Waals surface area contributed by atoms with Gasteiger partial charge in [0.25, 0.3) is 0 Å². The van der Waals surface area contributed by atoms with Crippen LogP contribution in [-0.4, -0.2) is 44.7 Å². The maximum absolute atomic E-state index is 5.49. The number of nitrogens with zero attached hydrogens (tertiary/aromatic N) is 2. The van der Waals surface area contributed by atoms with Gasteiger partial charge in [-0.05, 0) is 53.3 Å². The van der Waals surface area contributed by atoms with Crippen molar-refractivity contribution in [3.8, 4) is 0 Å². The second kappa shape index (κ2) is 9.39. The predicted molar refractivity (Wildman–Crippen MR) is 125 cm³/mol. The molecule has 1 aliphatic carbocycles. The molecule has 2 atom stereocenters. The van der Waals surface area contributed by atoms with Crippen LogP contribution in [0.3, 0.4) is 0 Å². The number of rotatable bonds is 7. The van der Waals surface area contributed by atoms with E-state index in [1.807, 2.05) is 0 Å². The minimum atomic E-state index is 0.198. The van der Waals surface area contributed by atoms with Gasteiger partial charge in [0.15, 0.2) is 0 Å². The molecule has 2 unspecified atom stereocenters. The van der Waals surface area contributed by atoms with Gasteiger partial charge in [-0.3, -0.25) is 4.90 Å². The normalized spacial score (nSPS) is 27.9. The molecule has 1 heterocycles. The van der Waals surface area contributed by atoms with Crippen LogP contribution in [0.1, 0.15) is 77.8 Å². The Kier molecular flexibility index (Phi) is 7.32. The van der Waals surface area contributed by atoms with E-state index in [-0.39, 0.29) is 10.8 Å². The van der Waals surface area contributed by atoms with Crippen LogP contribution in [0.5, 0.6) is 0 Å². The van der Waals surface area contributed by atoms with Gasteiger partial charge in [0.1, 0.15) is 0 Å². The first-order chi connectivity index (χ1) is 13.8. The smallest absolute Gasteiger partial charge is 0.0713 e. The zero-order chi connectivity index (χ0) is 21.1. The first-order valence-corrected chi connectivity index (χ1v) is 11.9. The second-order valence-corrected chi connectivity index (χ2v) is 10.3. The van der Waals surface area contributed by atoms with Crippen molar-refractivity contribution in [1.82, 2.24) is 4.90 Å². The Hall–Kier alpha value is -1.06. The highest BCUT2D eigenvalue weighted by Crippen LogP contribution is 2.56. The summed E-state index contributed by atoms with van der Waals surface area (Å²) in [6.45, 7) is 18.9. The Morgan fingerprint density at radius 2 is 1.83 bits per heavy atom. The lowest BCUT2D eigenvalue weighted by Crippen LogP contribution is -2.50. The molecule has 2 aliphatic rings. The molecule has 2 fully saturated rings. The summed E-state index contributed by atoms with van der Waals surface area (Å²) < 4.78 is 5.49. The fourth-order valence-corrected chi connectivity index (χ4v) is 5.62. The van der Waals surface area contributed by atoms with Gasteiger partial charge in [0.2, 0.25) is 0 Å². The van der Waals surface area contributed by atoms with Gasteiger partial charge < -0.3 is 9.64 Å². The Bertz CT molecular complexity index is 663. The largest absolute Gasteiger partial charge is 0.380 e. The third-order valence-corrected chi connectivity index (χ3v) is 8.48. The summed E-state index contributed by atoms with van der Waals surface area (Å²) in [4.78, 5) is 5.31. The van der Waals surface area contributed by atoms with Crippen LogP contribution < -0.4 is 4.90 Å². The second-order valence-electron chi connectivity index (χ2n) is 10.3. The molecular weight excluding hydrogens is 356 g/mol. The molecule has 3 rings (SSSR count). The molecule has 164 valence electrons. The first-order valence-electron chi connectivity index (χ1n) is 11.9. The van der Waals surface area contributed by atoms with E-state index in [0.29, 0.717) is 6.61 Å². The standard InChI is InChI=1S/C26H44N2O/c1-7-8-14-27-15-17-28(18-16-27)24-12-11-22(20-29-6)19-23(24)26(5)13-9-10-21(2)25(26,3)4/h11-12,19,21H,7-10,13-18,20H2,1-6H3. The summed E-state index contributed by atoms with van der Waals surface area (Å²) in [7, 11) is 1.80. The summed E-state index contributed by atoms with van der Waals surface area (Å²) in [5, 5.41) is 0. The lowest BCUT2D eigenvalue weighted by molar-refractivity contribution is 0.0477. The third kappa shape index (κ3) is 4.51. The fraction of sp³-hybridized carbons (Fsp3) is 0.769. The average molecular weight is 401 g/mol. The maximum atomic E-state index is 5.49. The SMILES string of the molecule is CCCCN1CCN(c2ccc(COC)cc2C2(C)CCCC(C)C2(C)C)CC1. The number of ether oxygens (including phenoxy) is 1. The van der Waals surface area contributed by atoms with Crippen LogP contribution >= 0.6 is 0 Å². The van der Waals surface area contributed by atoms with E-state index in [1.54, 1.807) is 12.7 Å². The minimum Gasteiger partial charge on any atom is -0.380 e. The highest BCUT2D eigenvalue weighted by Gasteiger charge is 2.49.